The van der Waals surface area contributed by atoms with Crippen molar-refractivity contribution < 1.29 is 4.74 Å². The Morgan fingerprint density at radius 1 is 1.43 bits per heavy atom. The van der Waals surface area contributed by atoms with Gasteiger partial charge >= 0.3 is 0 Å². The Morgan fingerprint density at radius 3 is 3.21 bits per heavy atom. The molecule has 0 spiro atoms. The number of rotatable bonds is 1. The Kier molecular flexibility index (Phi) is 2.76. The van der Waals surface area contributed by atoms with Crippen molar-refractivity contribution in [3.8, 4) is 11.8 Å². The highest BCUT2D eigenvalue weighted by molar-refractivity contribution is 5.33. The van der Waals surface area contributed by atoms with Gasteiger partial charge in [0, 0.05) is 7.11 Å². The molecule has 0 aromatic carbocycles. The zero-order valence-corrected chi connectivity index (χ0v) is 8.21. The second-order valence-corrected chi connectivity index (χ2v) is 3.29. The topological polar surface area (TPSA) is 35.0 Å². The molecule has 0 amide bonds. The van der Waals surface area contributed by atoms with Gasteiger partial charge in [-0.1, -0.05) is 5.92 Å². The number of aryl methyl sites for hydroxylation is 2. The van der Waals surface area contributed by atoms with Crippen molar-refractivity contribution in [1.82, 2.24) is 10.2 Å². The van der Waals surface area contributed by atoms with E-state index in [1.54, 1.807) is 7.11 Å². The summed E-state index contributed by atoms with van der Waals surface area (Å²) >= 11 is 0. The first kappa shape index (κ1) is 9.17. The van der Waals surface area contributed by atoms with E-state index in [4.69, 9.17) is 4.74 Å². The maximum Gasteiger partial charge on any atom is 0.136 e. The normalized spacial score (nSPS) is 13.2. The van der Waals surface area contributed by atoms with E-state index in [-0.39, 0.29) is 0 Å². The zero-order chi connectivity index (χ0) is 9.80. The van der Waals surface area contributed by atoms with Crippen LogP contribution in [0.25, 0.3) is 0 Å². The molecular formula is C11H12N2O. The molecule has 0 saturated heterocycles. The van der Waals surface area contributed by atoms with Crippen molar-refractivity contribution in [2.24, 2.45) is 0 Å². The van der Waals surface area contributed by atoms with Gasteiger partial charge in [0.1, 0.15) is 12.3 Å². The maximum absolute atomic E-state index is 4.83. The highest BCUT2D eigenvalue weighted by atomic mass is 16.5. The van der Waals surface area contributed by atoms with Crippen LogP contribution in [0.5, 0.6) is 0 Å². The molecule has 0 fully saturated rings. The number of hydrogen-bond acceptors (Lipinski definition) is 3. The average Bonchev–Trinajstić information content (AvgIpc) is 2.65. The Labute approximate surface area is 83.5 Å². The quantitative estimate of drug-likeness (QED) is 0.616. The average molecular weight is 188 g/mol. The summed E-state index contributed by atoms with van der Waals surface area (Å²) in [6.07, 6.45) is 3.37. The minimum atomic E-state index is 0.443. The molecule has 1 aliphatic carbocycles. The molecule has 0 saturated carbocycles. The summed E-state index contributed by atoms with van der Waals surface area (Å²) in [7, 11) is 1.63. The minimum absolute atomic E-state index is 0.443. The number of fused-ring (bicyclic) bond motifs is 1. The first-order chi connectivity index (χ1) is 6.90. The molecule has 0 unspecified atom stereocenters. The van der Waals surface area contributed by atoms with Crippen molar-refractivity contribution in [2.75, 3.05) is 13.7 Å². The molecule has 2 rings (SSSR count). The van der Waals surface area contributed by atoms with Crippen LogP contribution in [0.1, 0.15) is 23.4 Å². The summed E-state index contributed by atoms with van der Waals surface area (Å²) in [5.74, 6) is 5.79. The van der Waals surface area contributed by atoms with Gasteiger partial charge in [-0.15, -0.1) is 5.10 Å². The van der Waals surface area contributed by atoms with E-state index in [2.05, 4.69) is 22.0 Å². The smallest absolute Gasteiger partial charge is 0.136 e. The molecule has 72 valence electrons. The zero-order valence-electron chi connectivity index (χ0n) is 8.21. The molecule has 0 atom stereocenters. The Morgan fingerprint density at radius 2 is 2.36 bits per heavy atom. The molecular weight excluding hydrogens is 176 g/mol. The van der Waals surface area contributed by atoms with Crippen LogP contribution in [0.15, 0.2) is 6.07 Å². The third-order valence-corrected chi connectivity index (χ3v) is 2.25. The first-order valence-electron chi connectivity index (χ1n) is 4.73. The lowest BCUT2D eigenvalue weighted by molar-refractivity contribution is 0.240. The summed E-state index contributed by atoms with van der Waals surface area (Å²) in [5.41, 5.74) is 3.20. The molecule has 0 radical (unpaired) electrons. The number of methoxy groups -OCH3 is 1. The SMILES string of the molecule is COCC#Cc1cc2c(nn1)CCC2. The van der Waals surface area contributed by atoms with Gasteiger partial charge in [0.25, 0.3) is 0 Å². The van der Waals surface area contributed by atoms with Crippen LogP contribution < -0.4 is 0 Å². The van der Waals surface area contributed by atoms with Gasteiger partial charge in [0.15, 0.2) is 0 Å². The number of hydrogen-bond donors (Lipinski definition) is 0. The summed E-state index contributed by atoms with van der Waals surface area (Å²) in [6, 6.07) is 2.04. The monoisotopic (exact) mass is 188 g/mol. The van der Waals surface area contributed by atoms with Gasteiger partial charge in [-0.3, -0.25) is 0 Å². The lowest BCUT2D eigenvalue weighted by Crippen LogP contribution is -1.95. The van der Waals surface area contributed by atoms with Crippen LogP contribution in [0.3, 0.4) is 0 Å². The van der Waals surface area contributed by atoms with Crippen molar-refractivity contribution in [2.45, 2.75) is 19.3 Å². The van der Waals surface area contributed by atoms with E-state index in [1.807, 2.05) is 6.07 Å². The van der Waals surface area contributed by atoms with E-state index in [0.29, 0.717) is 6.61 Å². The Balaban J connectivity index is 2.18. The fourth-order valence-corrected chi connectivity index (χ4v) is 1.59. The first-order valence-corrected chi connectivity index (χ1v) is 4.73. The van der Waals surface area contributed by atoms with E-state index < -0.39 is 0 Å². The number of aromatic nitrogens is 2. The lowest BCUT2D eigenvalue weighted by atomic mass is 10.2. The van der Waals surface area contributed by atoms with Crippen molar-refractivity contribution in [3.05, 3.63) is 23.0 Å². The predicted molar refractivity (Wildman–Crippen MR) is 52.8 cm³/mol. The fraction of sp³-hybridized carbons (Fsp3) is 0.455. The van der Waals surface area contributed by atoms with E-state index in [1.165, 1.54) is 12.0 Å². The largest absolute Gasteiger partial charge is 0.372 e. The summed E-state index contributed by atoms with van der Waals surface area (Å²) < 4.78 is 4.83. The lowest BCUT2D eigenvalue weighted by Gasteiger charge is -1.95. The van der Waals surface area contributed by atoms with Crippen LogP contribution in [0.4, 0.5) is 0 Å². The molecule has 1 aromatic rings. The molecule has 3 nitrogen and oxygen atoms in total. The Bertz CT molecular complexity index is 390. The highest BCUT2D eigenvalue weighted by Gasteiger charge is 2.12. The second kappa shape index (κ2) is 4.21. The summed E-state index contributed by atoms with van der Waals surface area (Å²) in [4.78, 5) is 0. The van der Waals surface area contributed by atoms with E-state index >= 15 is 0 Å². The molecule has 0 N–H and O–H groups in total. The molecule has 1 heterocycles. The van der Waals surface area contributed by atoms with Crippen molar-refractivity contribution >= 4 is 0 Å². The van der Waals surface area contributed by atoms with Gasteiger partial charge in [-0.25, -0.2) is 0 Å². The third-order valence-electron chi connectivity index (χ3n) is 2.25. The standard InChI is InChI=1S/C11H12N2O/c1-14-7-3-5-10-8-9-4-2-6-11(9)13-12-10/h8H,2,4,6-7H2,1H3. The maximum atomic E-state index is 4.83. The number of ether oxygens (including phenoxy) is 1. The molecule has 0 bridgehead atoms. The van der Waals surface area contributed by atoms with Gasteiger partial charge in [0.2, 0.25) is 0 Å². The minimum Gasteiger partial charge on any atom is -0.372 e. The second-order valence-electron chi connectivity index (χ2n) is 3.29. The summed E-state index contributed by atoms with van der Waals surface area (Å²) in [5, 5.41) is 8.19. The molecule has 14 heavy (non-hydrogen) atoms. The summed E-state index contributed by atoms with van der Waals surface area (Å²) in [6.45, 7) is 0.443. The Hall–Kier alpha value is -1.40. The van der Waals surface area contributed by atoms with Crippen LogP contribution >= 0.6 is 0 Å². The van der Waals surface area contributed by atoms with Gasteiger partial charge < -0.3 is 4.74 Å². The molecule has 0 aliphatic heterocycles. The number of nitrogens with zero attached hydrogens (tertiary/aromatic N) is 2. The van der Waals surface area contributed by atoms with E-state index in [9.17, 15) is 0 Å². The van der Waals surface area contributed by atoms with Crippen LogP contribution in [0, 0.1) is 11.8 Å². The van der Waals surface area contributed by atoms with Crippen molar-refractivity contribution in [1.29, 1.82) is 0 Å². The fourth-order valence-electron chi connectivity index (χ4n) is 1.59. The van der Waals surface area contributed by atoms with Crippen LogP contribution in [-0.2, 0) is 17.6 Å². The van der Waals surface area contributed by atoms with Gasteiger partial charge in [-0.05, 0) is 36.8 Å². The van der Waals surface area contributed by atoms with Crippen LogP contribution in [-0.4, -0.2) is 23.9 Å². The van der Waals surface area contributed by atoms with Crippen molar-refractivity contribution in [3.63, 3.8) is 0 Å². The highest BCUT2D eigenvalue weighted by Crippen LogP contribution is 2.18. The molecule has 1 aromatic heterocycles. The molecule has 1 aliphatic rings. The van der Waals surface area contributed by atoms with Gasteiger partial charge in [-0.2, -0.15) is 5.10 Å². The van der Waals surface area contributed by atoms with E-state index in [0.717, 1.165) is 24.2 Å². The van der Waals surface area contributed by atoms with Crippen LogP contribution in [0.2, 0.25) is 0 Å². The molecule has 3 heteroatoms. The third kappa shape index (κ3) is 1.91. The predicted octanol–water partition coefficient (Wildman–Crippen LogP) is 0.963. The van der Waals surface area contributed by atoms with Gasteiger partial charge in [0.05, 0.1) is 5.69 Å².